The molecule has 2 atom stereocenters. The fourth-order valence-electron chi connectivity index (χ4n) is 3.88. The Labute approximate surface area is 210 Å². The summed E-state index contributed by atoms with van der Waals surface area (Å²) in [7, 11) is 1.26. The van der Waals surface area contributed by atoms with Crippen LogP contribution in [0, 0.1) is 17.5 Å². The maximum Gasteiger partial charge on any atom is 0.327 e. The SMILES string of the molecule is C=C(C)CN(CCC)C(=C)CC(Cc1cc(F)c(F)cc1F)NC(C(=O)OC)c1ccccc1Cl. The average Bonchev–Trinajstić information content (AvgIpc) is 2.80. The summed E-state index contributed by atoms with van der Waals surface area (Å²) in [6, 6.07) is 6.59. The number of nitrogens with zero attached hydrogens (tertiary/aromatic N) is 1. The Hall–Kier alpha value is -2.77. The lowest BCUT2D eigenvalue weighted by atomic mass is 9.97. The van der Waals surface area contributed by atoms with Gasteiger partial charge >= 0.3 is 5.97 Å². The van der Waals surface area contributed by atoms with Crippen molar-refractivity contribution in [2.24, 2.45) is 0 Å². The summed E-state index contributed by atoms with van der Waals surface area (Å²) in [6.07, 6.45) is 1.13. The van der Waals surface area contributed by atoms with Crippen LogP contribution in [0.15, 0.2) is 60.8 Å². The minimum atomic E-state index is -1.26. The third-order valence-electron chi connectivity index (χ3n) is 5.49. The minimum absolute atomic E-state index is 0.0288. The molecule has 190 valence electrons. The highest BCUT2D eigenvalue weighted by Crippen LogP contribution is 2.27. The molecular formula is C27H32ClF3N2O2. The Morgan fingerprint density at radius 2 is 1.80 bits per heavy atom. The van der Waals surface area contributed by atoms with Crippen LogP contribution in [0.1, 0.15) is 43.9 Å². The number of hydrogen-bond acceptors (Lipinski definition) is 4. The van der Waals surface area contributed by atoms with E-state index in [-0.39, 0.29) is 12.0 Å². The van der Waals surface area contributed by atoms with Crippen LogP contribution in [0.2, 0.25) is 5.02 Å². The van der Waals surface area contributed by atoms with Crippen LogP contribution in [-0.4, -0.2) is 37.1 Å². The fraction of sp³-hybridized carbons (Fsp3) is 0.370. The van der Waals surface area contributed by atoms with Gasteiger partial charge in [-0.15, -0.1) is 0 Å². The Bertz CT molecular complexity index is 1060. The summed E-state index contributed by atoms with van der Waals surface area (Å²) in [5.74, 6) is -3.88. The number of methoxy groups -OCH3 is 1. The van der Waals surface area contributed by atoms with Crippen LogP contribution in [0.3, 0.4) is 0 Å². The maximum atomic E-state index is 14.5. The smallest absolute Gasteiger partial charge is 0.327 e. The topological polar surface area (TPSA) is 41.6 Å². The summed E-state index contributed by atoms with van der Waals surface area (Å²) < 4.78 is 47.0. The van der Waals surface area contributed by atoms with Crippen molar-refractivity contribution in [1.82, 2.24) is 10.2 Å². The number of carbonyl (C=O) groups is 1. The van der Waals surface area contributed by atoms with Crippen molar-refractivity contribution in [1.29, 1.82) is 0 Å². The van der Waals surface area contributed by atoms with Gasteiger partial charge in [0, 0.05) is 42.3 Å². The van der Waals surface area contributed by atoms with Crippen LogP contribution in [0.5, 0.6) is 0 Å². The molecule has 0 radical (unpaired) electrons. The first-order valence-electron chi connectivity index (χ1n) is 11.4. The lowest BCUT2D eigenvalue weighted by Crippen LogP contribution is -2.41. The molecule has 0 bridgehead atoms. The fourth-order valence-corrected chi connectivity index (χ4v) is 4.13. The second-order valence-electron chi connectivity index (χ2n) is 8.55. The zero-order chi connectivity index (χ0) is 26.1. The molecule has 0 spiro atoms. The molecule has 0 aliphatic carbocycles. The van der Waals surface area contributed by atoms with E-state index in [1.54, 1.807) is 24.3 Å². The second kappa shape index (κ2) is 13.4. The number of esters is 1. The molecule has 0 fully saturated rings. The molecule has 0 aromatic heterocycles. The quantitative estimate of drug-likeness (QED) is 0.194. The third-order valence-corrected chi connectivity index (χ3v) is 5.84. The van der Waals surface area contributed by atoms with Gasteiger partial charge in [-0.2, -0.15) is 0 Å². The molecule has 2 unspecified atom stereocenters. The summed E-state index contributed by atoms with van der Waals surface area (Å²) in [5, 5.41) is 3.55. The highest BCUT2D eigenvalue weighted by atomic mass is 35.5. The normalized spacial score (nSPS) is 12.7. The molecule has 4 nitrogen and oxygen atoms in total. The molecule has 2 aromatic carbocycles. The summed E-state index contributed by atoms with van der Waals surface area (Å²) in [6.45, 7) is 13.4. The molecule has 0 aliphatic rings. The van der Waals surface area contributed by atoms with E-state index in [4.69, 9.17) is 16.3 Å². The lowest BCUT2D eigenvalue weighted by molar-refractivity contribution is -0.143. The largest absolute Gasteiger partial charge is 0.468 e. The van der Waals surface area contributed by atoms with E-state index >= 15 is 0 Å². The van der Waals surface area contributed by atoms with Crippen molar-refractivity contribution in [2.75, 3.05) is 20.2 Å². The van der Waals surface area contributed by atoms with Gasteiger partial charge in [-0.3, -0.25) is 5.32 Å². The molecule has 1 N–H and O–H groups in total. The number of rotatable bonds is 13. The van der Waals surface area contributed by atoms with E-state index in [0.717, 1.165) is 30.3 Å². The van der Waals surface area contributed by atoms with Crippen molar-refractivity contribution < 1.29 is 22.7 Å². The first-order valence-corrected chi connectivity index (χ1v) is 11.7. The number of benzene rings is 2. The number of hydrogen-bond donors (Lipinski definition) is 1. The van der Waals surface area contributed by atoms with Crippen LogP contribution in [-0.2, 0) is 16.0 Å². The molecule has 0 heterocycles. The van der Waals surface area contributed by atoms with Crippen molar-refractivity contribution in [3.8, 4) is 0 Å². The highest BCUT2D eigenvalue weighted by molar-refractivity contribution is 6.31. The maximum absolute atomic E-state index is 14.5. The van der Waals surface area contributed by atoms with E-state index < -0.39 is 35.5 Å². The molecule has 0 aliphatic heterocycles. The van der Waals surface area contributed by atoms with Gasteiger partial charge in [0.15, 0.2) is 11.6 Å². The van der Waals surface area contributed by atoms with Gasteiger partial charge in [-0.1, -0.05) is 55.5 Å². The number of ether oxygens (including phenoxy) is 1. The molecule has 35 heavy (non-hydrogen) atoms. The van der Waals surface area contributed by atoms with Gasteiger partial charge < -0.3 is 9.64 Å². The monoisotopic (exact) mass is 508 g/mol. The Morgan fingerprint density at radius 3 is 2.40 bits per heavy atom. The zero-order valence-corrected chi connectivity index (χ0v) is 21.1. The van der Waals surface area contributed by atoms with Gasteiger partial charge in [0.1, 0.15) is 11.9 Å². The number of carbonyl (C=O) groups excluding carboxylic acids is 1. The van der Waals surface area contributed by atoms with Crippen molar-refractivity contribution in [3.05, 3.63) is 94.4 Å². The van der Waals surface area contributed by atoms with Gasteiger partial charge in [-0.05, 0) is 43.0 Å². The van der Waals surface area contributed by atoms with Crippen molar-refractivity contribution in [2.45, 2.75) is 45.2 Å². The molecule has 0 saturated carbocycles. The average molecular weight is 509 g/mol. The van der Waals surface area contributed by atoms with Crippen LogP contribution < -0.4 is 5.32 Å². The molecule has 0 saturated heterocycles. The van der Waals surface area contributed by atoms with Gasteiger partial charge in [0.2, 0.25) is 0 Å². The van der Waals surface area contributed by atoms with Crippen molar-refractivity contribution in [3.63, 3.8) is 0 Å². The van der Waals surface area contributed by atoms with Gasteiger partial charge in [0.25, 0.3) is 0 Å². The van der Waals surface area contributed by atoms with Crippen LogP contribution in [0.25, 0.3) is 0 Å². The van der Waals surface area contributed by atoms with Gasteiger partial charge in [0.05, 0.1) is 7.11 Å². The first kappa shape index (κ1) is 28.5. The molecular weight excluding hydrogens is 477 g/mol. The van der Waals surface area contributed by atoms with E-state index in [9.17, 15) is 18.0 Å². The van der Waals surface area contributed by atoms with E-state index in [1.165, 1.54) is 7.11 Å². The minimum Gasteiger partial charge on any atom is -0.468 e. The summed E-state index contributed by atoms with van der Waals surface area (Å²) in [5.41, 5.74) is 2.13. The lowest BCUT2D eigenvalue weighted by Gasteiger charge is -2.31. The predicted octanol–water partition coefficient (Wildman–Crippen LogP) is 6.36. The van der Waals surface area contributed by atoms with E-state index in [1.807, 2.05) is 13.8 Å². The summed E-state index contributed by atoms with van der Waals surface area (Å²) in [4.78, 5) is 14.8. The van der Waals surface area contributed by atoms with Gasteiger partial charge in [-0.25, -0.2) is 18.0 Å². The van der Waals surface area contributed by atoms with E-state index in [0.29, 0.717) is 29.6 Å². The molecule has 2 aromatic rings. The first-order chi connectivity index (χ1) is 16.6. The standard InChI is InChI=1S/C27H32ClF3N2O2/c1-6-11-33(16-17(2)3)18(4)12-20(13-19-14-24(30)25(31)15-23(19)29)32-26(27(34)35-5)21-9-7-8-10-22(21)28/h7-10,14-15,20,26,32H,2,4,6,11-13,16H2,1,3,5H3. The van der Waals surface area contributed by atoms with Crippen molar-refractivity contribution >= 4 is 17.6 Å². The zero-order valence-electron chi connectivity index (χ0n) is 20.3. The summed E-state index contributed by atoms with van der Waals surface area (Å²) >= 11 is 6.35. The third kappa shape index (κ3) is 8.15. The number of halogens is 4. The molecule has 0 amide bonds. The second-order valence-corrected chi connectivity index (χ2v) is 8.96. The number of nitrogens with one attached hydrogen (secondary N) is 1. The predicted molar refractivity (Wildman–Crippen MR) is 134 cm³/mol. The Morgan fingerprint density at radius 1 is 1.14 bits per heavy atom. The highest BCUT2D eigenvalue weighted by Gasteiger charge is 2.28. The Balaban J connectivity index is 2.43. The Kier molecular flexibility index (Phi) is 10.9. The van der Waals surface area contributed by atoms with Crippen LogP contribution >= 0.6 is 11.6 Å². The molecule has 8 heteroatoms. The van der Waals surface area contributed by atoms with E-state index in [2.05, 4.69) is 23.4 Å². The molecule has 2 rings (SSSR count). The van der Waals surface area contributed by atoms with Crippen LogP contribution in [0.4, 0.5) is 13.2 Å².